The van der Waals surface area contributed by atoms with Crippen molar-refractivity contribution in [2.45, 2.75) is 52.5 Å². The SMILES string of the molecule is CCC(C)n1cc(C(C)(C)C)nn1. The van der Waals surface area contributed by atoms with Gasteiger partial charge in [0.05, 0.1) is 11.7 Å². The zero-order chi connectivity index (χ0) is 10.1. The van der Waals surface area contributed by atoms with Gasteiger partial charge in [0.15, 0.2) is 0 Å². The summed E-state index contributed by atoms with van der Waals surface area (Å²) in [5, 5.41) is 8.29. The van der Waals surface area contributed by atoms with E-state index in [9.17, 15) is 0 Å². The summed E-state index contributed by atoms with van der Waals surface area (Å²) >= 11 is 0. The molecule has 0 aliphatic rings. The summed E-state index contributed by atoms with van der Waals surface area (Å²) in [6.45, 7) is 10.8. The van der Waals surface area contributed by atoms with E-state index in [1.165, 1.54) is 0 Å². The Morgan fingerprint density at radius 2 is 2.08 bits per heavy atom. The molecule has 0 N–H and O–H groups in total. The van der Waals surface area contributed by atoms with Crippen molar-refractivity contribution >= 4 is 0 Å². The summed E-state index contributed by atoms with van der Waals surface area (Å²) in [5.41, 5.74) is 1.17. The van der Waals surface area contributed by atoms with E-state index in [1.54, 1.807) is 0 Å². The lowest BCUT2D eigenvalue weighted by molar-refractivity contribution is 0.464. The molecular formula is C10H19N3. The average molecular weight is 181 g/mol. The fraction of sp³-hybridized carbons (Fsp3) is 0.800. The lowest BCUT2D eigenvalue weighted by Gasteiger charge is -2.13. The first kappa shape index (κ1) is 10.2. The van der Waals surface area contributed by atoms with Crippen molar-refractivity contribution < 1.29 is 0 Å². The lowest BCUT2D eigenvalue weighted by atomic mass is 9.93. The normalized spacial score (nSPS) is 14.5. The molecule has 0 saturated carbocycles. The molecule has 0 aliphatic carbocycles. The fourth-order valence-corrected chi connectivity index (χ4v) is 1.02. The minimum absolute atomic E-state index is 0.103. The van der Waals surface area contributed by atoms with Crippen molar-refractivity contribution in [2.24, 2.45) is 0 Å². The topological polar surface area (TPSA) is 30.7 Å². The Kier molecular flexibility index (Phi) is 2.74. The van der Waals surface area contributed by atoms with Crippen LogP contribution in [0.2, 0.25) is 0 Å². The highest BCUT2D eigenvalue weighted by Gasteiger charge is 2.18. The number of nitrogens with zero attached hydrogens (tertiary/aromatic N) is 3. The first-order valence-electron chi connectivity index (χ1n) is 4.87. The molecule has 1 rings (SSSR count). The second-order valence-electron chi connectivity index (χ2n) is 4.59. The van der Waals surface area contributed by atoms with E-state index >= 15 is 0 Å². The zero-order valence-corrected chi connectivity index (χ0v) is 9.20. The monoisotopic (exact) mass is 181 g/mol. The summed E-state index contributed by atoms with van der Waals surface area (Å²) < 4.78 is 1.95. The van der Waals surface area contributed by atoms with Gasteiger partial charge in [0.1, 0.15) is 0 Å². The smallest absolute Gasteiger partial charge is 0.0880 e. The molecule has 0 fully saturated rings. The van der Waals surface area contributed by atoms with Crippen LogP contribution in [0, 0.1) is 0 Å². The minimum atomic E-state index is 0.103. The number of hydrogen-bond acceptors (Lipinski definition) is 2. The Balaban J connectivity index is 2.87. The molecule has 1 aromatic heterocycles. The van der Waals surface area contributed by atoms with Gasteiger partial charge in [-0.05, 0) is 13.3 Å². The maximum atomic E-state index is 4.17. The Labute approximate surface area is 80.1 Å². The largest absolute Gasteiger partial charge is 0.250 e. The van der Waals surface area contributed by atoms with Crippen LogP contribution < -0.4 is 0 Å². The van der Waals surface area contributed by atoms with Crippen LogP contribution in [0.1, 0.15) is 52.8 Å². The van der Waals surface area contributed by atoms with Crippen molar-refractivity contribution in [1.29, 1.82) is 0 Å². The molecule has 1 aromatic rings. The summed E-state index contributed by atoms with van der Waals surface area (Å²) in [6, 6.07) is 0.448. The van der Waals surface area contributed by atoms with Crippen molar-refractivity contribution in [3.8, 4) is 0 Å². The van der Waals surface area contributed by atoms with Gasteiger partial charge in [0, 0.05) is 11.6 Å². The molecule has 0 aliphatic heterocycles. The van der Waals surface area contributed by atoms with Gasteiger partial charge in [-0.1, -0.05) is 32.9 Å². The van der Waals surface area contributed by atoms with Crippen molar-refractivity contribution in [1.82, 2.24) is 15.0 Å². The van der Waals surface area contributed by atoms with Gasteiger partial charge in [-0.3, -0.25) is 0 Å². The Morgan fingerprint density at radius 1 is 1.46 bits per heavy atom. The molecule has 0 aromatic carbocycles. The molecule has 1 atom stereocenters. The predicted octanol–water partition coefficient (Wildman–Crippen LogP) is 2.55. The Bertz CT molecular complexity index is 270. The highest BCUT2D eigenvalue weighted by molar-refractivity contribution is 5.06. The van der Waals surface area contributed by atoms with Crippen LogP contribution in [0.25, 0.3) is 0 Å². The van der Waals surface area contributed by atoms with Gasteiger partial charge in [-0.15, -0.1) is 5.10 Å². The second kappa shape index (κ2) is 3.48. The third-order valence-electron chi connectivity index (χ3n) is 2.32. The lowest BCUT2D eigenvalue weighted by Crippen LogP contribution is -2.11. The van der Waals surface area contributed by atoms with E-state index in [1.807, 2.05) is 10.9 Å². The number of aromatic nitrogens is 3. The fourth-order valence-electron chi connectivity index (χ4n) is 1.02. The molecule has 3 nitrogen and oxygen atoms in total. The van der Waals surface area contributed by atoms with Crippen molar-refractivity contribution in [2.75, 3.05) is 0 Å². The van der Waals surface area contributed by atoms with Crippen LogP contribution in [0.4, 0.5) is 0 Å². The van der Waals surface area contributed by atoms with Crippen LogP contribution in [-0.4, -0.2) is 15.0 Å². The highest BCUT2D eigenvalue weighted by atomic mass is 15.4. The molecule has 0 saturated heterocycles. The molecule has 0 radical (unpaired) electrons. The summed E-state index contributed by atoms with van der Waals surface area (Å²) in [6.07, 6.45) is 3.14. The maximum absolute atomic E-state index is 4.17. The van der Waals surface area contributed by atoms with Gasteiger partial charge in [-0.25, -0.2) is 4.68 Å². The number of rotatable bonds is 2. The van der Waals surface area contributed by atoms with Crippen molar-refractivity contribution in [3.05, 3.63) is 11.9 Å². The van der Waals surface area contributed by atoms with E-state index in [4.69, 9.17) is 0 Å². The van der Waals surface area contributed by atoms with Crippen LogP contribution >= 0.6 is 0 Å². The van der Waals surface area contributed by atoms with Crippen molar-refractivity contribution in [3.63, 3.8) is 0 Å². The molecule has 1 heterocycles. The molecule has 0 bridgehead atoms. The predicted molar refractivity (Wildman–Crippen MR) is 53.7 cm³/mol. The molecule has 13 heavy (non-hydrogen) atoms. The molecule has 0 amide bonds. The zero-order valence-electron chi connectivity index (χ0n) is 9.20. The summed E-state index contributed by atoms with van der Waals surface area (Å²) in [7, 11) is 0. The van der Waals surface area contributed by atoms with E-state index in [-0.39, 0.29) is 5.41 Å². The van der Waals surface area contributed by atoms with E-state index < -0.39 is 0 Å². The summed E-state index contributed by atoms with van der Waals surface area (Å²) in [5.74, 6) is 0. The average Bonchev–Trinajstić information content (AvgIpc) is 2.50. The first-order chi connectivity index (χ1) is 5.95. The van der Waals surface area contributed by atoms with Crippen LogP contribution in [-0.2, 0) is 5.41 Å². The van der Waals surface area contributed by atoms with E-state index in [0.29, 0.717) is 6.04 Å². The molecule has 0 spiro atoms. The number of hydrogen-bond donors (Lipinski definition) is 0. The molecular weight excluding hydrogens is 162 g/mol. The Hall–Kier alpha value is -0.860. The highest BCUT2D eigenvalue weighted by Crippen LogP contribution is 2.20. The van der Waals surface area contributed by atoms with Crippen LogP contribution in [0.5, 0.6) is 0 Å². The molecule has 1 unspecified atom stereocenters. The quantitative estimate of drug-likeness (QED) is 0.702. The summed E-state index contributed by atoms with van der Waals surface area (Å²) in [4.78, 5) is 0. The van der Waals surface area contributed by atoms with Crippen LogP contribution in [0.3, 0.4) is 0 Å². The third-order valence-corrected chi connectivity index (χ3v) is 2.32. The maximum Gasteiger partial charge on any atom is 0.0880 e. The van der Waals surface area contributed by atoms with Crippen LogP contribution in [0.15, 0.2) is 6.20 Å². The first-order valence-corrected chi connectivity index (χ1v) is 4.87. The Morgan fingerprint density at radius 3 is 2.46 bits per heavy atom. The van der Waals surface area contributed by atoms with Gasteiger partial charge in [-0.2, -0.15) is 0 Å². The van der Waals surface area contributed by atoms with Gasteiger partial charge < -0.3 is 0 Å². The van der Waals surface area contributed by atoms with E-state index in [2.05, 4.69) is 44.9 Å². The van der Waals surface area contributed by atoms with E-state index in [0.717, 1.165) is 12.1 Å². The standard InChI is InChI=1S/C10H19N3/c1-6-8(2)13-7-9(11-12-13)10(3,4)5/h7-8H,6H2,1-5H3. The molecule has 3 heteroatoms. The van der Waals surface area contributed by atoms with Gasteiger partial charge >= 0.3 is 0 Å². The molecule has 74 valence electrons. The second-order valence-corrected chi connectivity index (χ2v) is 4.59. The third kappa shape index (κ3) is 2.29. The van der Waals surface area contributed by atoms with Gasteiger partial charge in [0.2, 0.25) is 0 Å². The van der Waals surface area contributed by atoms with Gasteiger partial charge in [0.25, 0.3) is 0 Å². The minimum Gasteiger partial charge on any atom is -0.250 e.